The number of methoxy groups -OCH3 is 5. The van der Waals surface area contributed by atoms with Crippen LogP contribution in [-0.4, -0.2) is 53.2 Å². The molecular formula is C30H32BrNO9. The number of carbonyl (C=O) groups excluding carboxylic acids is 3. The van der Waals surface area contributed by atoms with Gasteiger partial charge in [-0.2, -0.15) is 0 Å². The first-order chi connectivity index (χ1) is 19.7. The van der Waals surface area contributed by atoms with E-state index in [1.807, 2.05) is 0 Å². The lowest BCUT2D eigenvalue weighted by atomic mass is 10.0. The summed E-state index contributed by atoms with van der Waals surface area (Å²) < 4.78 is 33.0. The number of rotatable bonds is 14. The summed E-state index contributed by atoms with van der Waals surface area (Å²) in [5.41, 5.74) is 1.42. The average Bonchev–Trinajstić information content (AvgIpc) is 3.00. The number of hydrogen-bond acceptors (Lipinski definition) is 9. The number of nitrogens with one attached hydrogen (secondary N) is 1. The zero-order valence-corrected chi connectivity index (χ0v) is 25.0. The number of hydrogen-bond donors (Lipinski definition) is 1. The monoisotopic (exact) mass is 629 g/mol. The lowest BCUT2D eigenvalue weighted by Crippen LogP contribution is -2.32. The van der Waals surface area contributed by atoms with E-state index < -0.39 is 18.0 Å². The fourth-order valence-electron chi connectivity index (χ4n) is 4.00. The van der Waals surface area contributed by atoms with Gasteiger partial charge in [-0.25, -0.2) is 0 Å². The molecule has 0 aliphatic rings. The van der Waals surface area contributed by atoms with Crippen molar-refractivity contribution in [2.24, 2.45) is 0 Å². The van der Waals surface area contributed by atoms with Gasteiger partial charge in [0, 0.05) is 23.0 Å². The van der Waals surface area contributed by atoms with E-state index in [0.29, 0.717) is 39.9 Å². The van der Waals surface area contributed by atoms with E-state index in [9.17, 15) is 14.4 Å². The Morgan fingerprint density at radius 2 is 1.39 bits per heavy atom. The van der Waals surface area contributed by atoms with Crippen molar-refractivity contribution in [1.29, 1.82) is 0 Å². The van der Waals surface area contributed by atoms with Gasteiger partial charge < -0.3 is 33.7 Å². The summed E-state index contributed by atoms with van der Waals surface area (Å²) in [4.78, 5) is 39.0. The van der Waals surface area contributed by atoms with Crippen molar-refractivity contribution in [2.45, 2.75) is 25.5 Å². The topological polar surface area (TPSA) is 119 Å². The van der Waals surface area contributed by atoms with Crippen LogP contribution in [0, 0.1) is 0 Å². The standard InChI is InChI=1S/C30H32BrNO9/c1-36-21-10-12-24(37-2)22(16-21)23(33)11-13-27(34)41-28(19-6-8-20(31)9-7-19)30(35)32-17-18-14-25(38-3)29(40-5)26(15-18)39-4/h6-10,12,14-16,28H,11,13,17H2,1-5H3,(H,32,35). The average molecular weight is 630 g/mol. The molecule has 3 aromatic carbocycles. The van der Waals surface area contributed by atoms with E-state index in [4.69, 9.17) is 28.4 Å². The van der Waals surface area contributed by atoms with Gasteiger partial charge in [0.2, 0.25) is 11.9 Å². The first-order valence-electron chi connectivity index (χ1n) is 12.5. The lowest BCUT2D eigenvalue weighted by molar-refractivity contribution is -0.156. The molecule has 10 nitrogen and oxygen atoms in total. The quantitative estimate of drug-likeness (QED) is 0.193. The Labute approximate surface area is 247 Å². The second-order valence-corrected chi connectivity index (χ2v) is 9.58. The van der Waals surface area contributed by atoms with E-state index in [1.54, 1.807) is 54.6 Å². The van der Waals surface area contributed by atoms with Crippen LogP contribution in [0.1, 0.15) is 40.4 Å². The minimum atomic E-state index is -1.25. The third-order valence-electron chi connectivity index (χ3n) is 6.11. The molecule has 218 valence electrons. The Balaban J connectivity index is 1.74. The highest BCUT2D eigenvalue weighted by atomic mass is 79.9. The summed E-state index contributed by atoms with van der Waals surface area (Å²) in [7, 11) is 7.43. The number of esters is 1. The highest BCUT2D eigenvalue weighted by Gasteiger charge is 2.26. The molecule has 1 N–H and O–H groups in total. The van der Waals surface area contributed by atoms with Gasteiger partial charge in [0.05, 0.1) is 47.5 Å². The third-order valence-corrected chi connectivity index (χ3v) is 6.64. The van der Waals surface area contributed by atoms with Crippen LogP contribution in [0.3, 0.4) is 0 Å². The SMILES string of the molecule is COc1ccc(OC)c(C(=O)CCC(=O)OC(C(=O)NCc2cc(OC)c(OC)c(OC)c2)c2ccc(Br)cc2)c1. The summed E-state index contributed by atoms with van der Waals surface area (Å²) in [6.45, 7) is 0.0915. The van der Waals surface area contributed by atoms with Crippen LogP contribution in [0.5, 0.6) is 28.7 Å². The number of amides is 1. The Hall–Kier alpha value is -4.25. The predicted octanol–water partition coefficient (Wildman–Crippen LogP) is 5.06. The van der Waals surface area contributed by atoms with Crippen LogP contribution >= 0.6 is 15.9 Å². The maximum atomic E-state index is 13.3. The third kappa shape index (κ3) is 8.14. The number of carbonyl (C=O) groups is 3. The van der Waals surface area contributed by atoms with Crippen molar-refractivity contribution >= 4 is 33.6 Å². The van der Waals surface area contributed by atoms with Crippen molar-refractivity contribution in [3.63, 3.8) is 0 Å². The van der Waals surface area contributed by atoms with Gasteiger partial charge in [-0.3, -0.25) is 14.4 Å². The normalized spacial score (nSPS) is 11.2. The fourth-order valence-corrected chi connectivity index (χ4v) is 4.27. The molecule has 1 atom stereocenters. The molecule has 0 bridgehead atoms. The van der Waals surface area contributed by atoms with Gasteiger partial charge in [0.25, 0.3) is 5.91 Å². The van der Waals surface area contributed by atoms with E-state index in [1.165, 1.54) is 35.5 Å². The highest BCUT2D eigenvalue weighted by molar-refractivity contribution is 9.10. The number of ketones is 1. The van der Waals surface area contributed by atoms with Crippen LogP contribution < -0.4 is 29.0 Å². The zero-order chi connectivity index (χ0) is 29.9. The van der Waals surface area contributed by atoms with Crippen molar-refractivity contribution in [1.82, 2.24) is 5.32 Å². The molecule has 0 saturated heterocycles. The number of benzene rings is 3. The molecule has 0 aliphatic carbocycles. The largest absolute Gasteiger partial charge is 0.497 e. The summed E-state index contributed by atoms with van der Waals surface area (Å²) in [6.07, 6.45) is -1.64. The van der Waals surface area contributed by atoms with E-state index >= 15 is 0 Å². The highest BCUT2D eigenvalue weighted by Crippen LogP contribution is 2.38. The molecule has 11 heteroatoms. The zero-order valence-electron chi connectivity index (χ0n) is 23.4. The maximum absolute atomic E-state index is 13.3. The second-order valence-electron chi connectivity index (χ2n) is 8.66. The first kappa shape index (κ1) is 31.3. The molecule has 1 unspecified atom stereocenters. The first-order valence-corrected chi connectivity index (χ1v) is 13.3. The Morgan fingerprint density at radius 3 is 1.95 bits per heavy atom. The van der Waals surface area contributed by atoms with Gasteiger partial charge in [-0.1, -0.05) is 28.1 Å². The van der Waals surface area contributed by atoms with Gasteiger partial charge in [0.15, 0.2) is 17.3 Å². The Bertz CT molecular complexity index is 1350. The molecule has 1 amide bonds. The number of halogens is 1. The van der Waals surface area contributed by atoms with E-state index in [0.717, 1.165) is 4.47 Å². The second kappa shape index (κ2) is 14.9. The number of Topliss-reactive ketones (excluding diaryl/α,β-unsaturated/α-hetero) is 1. The summed E-state index contributed by atoms with van der Waals surface area (Å²) in [5.74, 6) is 0.552. The predicted molar refractivity (Wildman–Crippen MR) is 154 cm³/mol. The van der Waals surface area contributed by atoms with E-state index in [-0.39, 0.29) is 30.7 Å². The van der Waals surface area contributed by atoms with Crippen LogP contribution in [0.15, 0.2) is 59.1 Å². The van der Waals surface area contributed by atoms with E-state index in [2.05, 4.69) is 21.2 Å². The van der Waals surface area contributed by atoms with Gasteiger partial charge in [-0.15, -0.1) is 0 Å². The van der Waals surface area contributed by atoms with Gasteiger partial charge in [-0.05, 0) is 48.0 Å². The molecule has 0 radical (unpaired) electrons. The van der Waals surface area contributed by atoms with Crippen molar-refractivity contribution < 1.29 is 42.8 Å². The molecule has 0 aliphatic heterocycles. The summed E-state index contributed by atoms with van der Waals surface area (Å²) in [6, 6.07) is 15.1. The molecule has 0 saturated carbocycles. The molecule has 0 fully saturated rings. The van der Waals surface area contributed by atoms with Crippen molar-refractivity contribution in [2.75, 3.05) is 35.5 Å². The molecule has 3 aromatic rings. The van der Waals surface area contributed by atoms with Crippen LogP contribution in [0.25, 0.3) is 0 Å². The maximum Gasteiger partial charge on any atom is 0.307 e. The number of ether oxygens (including phenoxy) is 6. The van der Waals surface area contributed by atoms with Crippen molar-refractivity contribution in [3.05, 3.63) is 75.8 Å². The van der Waals surface area contributed by atoms with Crippen LogP contribution in [0.4, 0.5) is 0 Å². The van der Waals surface area contributed by atoms with Crippen LogP contribution in [0.2, 0.25) is 0 Å². The molecule has 0 heterocycles. The Morgan fingerprint density at radius 1 is 0.756 bits per heavy atom. The minimum absolute atomic E-state index is 0.0915. The minimum Gasteiger partial charge on any atom is -0.497 e. The lowest BCUT2D eigenvalue weighted by Gasteiger charge is -2.19. The molecule has 41 heavy (non-hydrogen) atoms. The summed E-state index contributed by atoms with van der Waals surface area (Å²) >= 11 is 3.37. The fraction of sp³-hybridized carbons (Fsp3) is 0.300. The summed E-state index contributed by atoms with van der Waals surface area (Å²) in [5, 5.41) is 2.80. The van der Waals surface area contributed by atoms with Gasteiger partial charge >= 0.3 is 5.97 Å². The van der Waals surface area contributed by atoms with Gasteiger partial charge in [0.1, 0.15) is 11.5 Å². The van der Waals surface area contributed by atoms with Crippen LogP contribution in [-0.2, 0) is 20.9 Å². The molecule has 3 rings (SSSR count). The molecule has 0 spiro atoms. The van der Waals surface area contributed by atoms with Crippen molar-refractivity contribution in [3.8, 4) is 28.7 Å². The molecule has 0 aromatic heterocycles. The Kier molecular flexibility index (Phi) is 11.4. The molecular weight excluding hydrogens is 598 g/mol. The smallest absolute Gasteiger partial charge is 0.307 e.